The summed E-state index contributed by atoms with van der Waals surface area (Å²) in [6.07, 6.45) is 7.19. The quantitative estimate of drug-likeness (QED) is 0.417. The molecule has 0 aliphatic heterocycles. The van der Waals surface area contributed by atoms with Gasteiger partial charge in [0, 0.05) is 23.5 Å². The first kappa shape index (κ1) is 16.6. The van der Waals surface area contributed by atoms with E-state index in [1.54, 1.807) is 12.4 Å². The van der Waals surface area contributed by atoms with Gasteiger partial charge >= 0.3 is 0 Å². The molecule has 0 fully saturated rings. The Kier molecular flexibility index (Phi) is 3.51. The second-order valence-corrected chi connectivity index (χ2v) is 7.19. The molecule has 8 heteroatoms. The standard InChI is InChI=1S/C22H16N8/c1-12-3-2-4-13(7-12)15-10-23-11-18-19(15)28-22(27-18)21-20-17(29-30-21)6-5-16(26-20)14-8-24-25-9-14/h2-11H,1H3,(H,24,25)(H,27,28)(H,29,30). The Hall–Kier alpha value is -4.33. The lowest BCUT2D eigenvalue weighted by molar-refractivity contribution is 1.09. The number of benzene rings is 1. The van der Waals surface area contributed by atoms with Crippen LogP contribution in [0.3, 0.4) is 0 Å². The molecule has 0 atom stereocenters. The average molecular weight is 392 g/mol. The smallest absolute Gasteiger partial charge is 0.161 e. The molecule has 0 radical (unpaired) electrons. The SMILES string of the molecule is Cc1cccc(-c2cncc3[nH]c(-c4n[nH]c5ccc(-c6cn[nH]c6)nc45)nc23)c1. The van der Waals surface area contributed by atoms with Crippen LogP contribution in [0, 0.1) is 6.92 Å². The van der Waals surface area contributed by atoms with Crippen LogP contribution in [0.2, 0.25) is 0 Å². The molecule has 30 heavy (non-hydrogen) atoms. The summed E-state index contributed by atoms with van der Waals surface area (Å²) in [4.78, 5) is 17.4. The highest BCUT2D eigenvalue weighted by Crippen LogP contribution is 2.31. The number of fused-ring (bicyclic) bond motifs is 2. The first-order valence-electron chi connectivity index (χ1n) is 9.52. The van der Waals surface area contributed by atoms with Gasteiger partial charge in [-0.25, -0.2) is 9.97 Å². The van der Waals surface area contributed by atoms with Gasteiger partial charge in [0.15, 0.2) is 11.5 Å². The van der Waals surface area contributed by atoms with Crippen molar-refractivity contribution in [3.63, 3.8) is 0 Å². The summed E-state index contributed by atoms with van der Waals surface area (Å²) in [5, 5.41) is 14.3. The topological polar surface area (TPSA) is 112 Å². The Bertz CT molecular complexity index is 1510. The molecule has 0 amide bonds. The summed E-state index contributed by atoms with van der Waals surface area (Å²) in [7, 11) is 0. The molecule has 0 aliphatic carbocycles. The van der Waals surface area contributed by atoms with Crippen LogP contribution in [0.25, 0.3) is 56.0 Å². The number of hydrogen-bond acceptors (Lipinski definition) is 5. The van der Waals surface area contributed by atoms with Crippen LogP contribution in [-0.2, 0) is 0 Å². The third-order valence-corrected chi connectivity index (χ3v) is 5.15. The van der Waals surface area contributed by atoms with Crippen molar-refractivity contribution in [2.75, 3.05) is 0 Å². The van der Waals surface area contributed by atoms with Crippen LogP contribution in [0.15, 0.2) is 61.2 Å². The first-order chi connectivity index (χ1) is 14.8. The first-order valence-corrected chi connectivity index (χ1v) is 9.52. The minimum atomic E-state index is 0.648. The lowest BCUT2D eigenvalue weighted by Crippen LogP contribution is -1.86. The molecule has 8 nitrogen and oxygen atoms in total. The van der Waals surface area contributed by atoms with Crippen LogP contribution in [0.4, 0.5) is 0 Å². The summed E-state index contributed by atoms with van der Waals surface area (Å²) in [6.45, 7) is 2.08. The van der Waals surface area contributed by atoms with Gasteiger partial charge in [-0.1, -0.05) is 29.8 Å². The Labute approximate surface area is 170 Å². The summed E-state index contributed by atoms with van der Waals surface area (Å²) in [6, 6.07) is 12.2. The summed E-state index contributed by atoms with van der Waals surface area (Å²) < 4.78 is 0. The number of nitrogens with zero attached hydrogens (tertiary/aromatic N) is 5. The fourth-order valence-electron chi connectivity index (χ4n) is 3.68. The largest absolute Gasteiger partial charge is 0.335 e. The normalized spacial score (nSPS) is 11.5. The van der Waals surface area contributed by atoms with Gasteiger partial charge in [-0.3, -0.25) is 15.2 Å². The number of rotatable bonds is 3. The van der Waals surface area contributed by atoms with Gasteiger partial charge in [0.1, 0.15) is 5.52 Å². The molecule has 3 N–H and O–H groups in total. The van der Waals surface area contributed by atoms with Crippen molar-refractivity contribution in [1.82, 2.24) is 40.3 Å². The number of imidazole rings is 1. The number of aryl methyl sites for hydroxylation is 1. The van der Waals surface area contributed by atoms with Gasteiger partial charge in [-0.2, -0.15) is 10.2 Å². The van der Waals surface area contributed by atoms with E-state index in [0.717, 1.165) is 44.5 Å². The van der Waals surface area contributed by atoms with Crippen molar-refractivity contribution >= 4 is 22.1 Å². The highest BCUT2D eigenvalue weighted by atomic mass is 15.2. The second-order valence-electron chi connectivity index (χ2n) is 7.19. The van der Waals surface area contributed by atoms with Crippen molar-refractivity contribution in [3.8, 4) is 33.9 Å². The number of hydrogen-bond donors (Lipinski definition) is 3. The molecule has 5 heterocycles. The van der Waals surface area contributed by atoms with E-state index in [4.69, 9.17) is 9.97 Å². The minimum Gasteiger partial charge on any atom is -0.335 e. The Morgan fingerprint density at radius 3 is 2.70 bits per heavy atom. The van der Waals surface area contributed by atoms with E-state index in [1.807, 2.05) is 30.6 Å². The molecule has 0 bridgehead atoms. The van der Waals surface area contributed by atoms with Gasteiger partial charge < -0.3 is 4.98 Å². The van der Waals surface area contributed by atoms with Crippen molar-refractivity contribution < 1.29 is 0 Å². The molecular formula is C22H16N8. The van der Waals surface area contributed by atoms with E-state index in [2.05, 4.69) is 55.5 Å². The van der Waals surface area contributed by atoms with Crippen LogP contribution in [-0.4, -0.2) is 40.3 Å². The van der Waals surface area contributed by atoms with Crippen molar-refractivity contribution in [2.24, 2.45) is 0 Å². The van der Waals surface area contributed by atoms with Gasteiger partial charge in [-0.15, -0.1) is 0 Å². The summed E-state index contributed by atoms with van der Waals surface area (Å²) in [5.41, 5.74) is 8.95. The zero-order valence-corrected chi connectivity index (χ0v) is 16.0. The summed E-state index contributed by atoms with van der Waals surface area (Å²) >= 11 is 0. The molecule has 0 saturated carbocycles. The van der Waals surface area contributed by atoms with Gasteiger partial charge in [0.05, 0.1) is 34.6 Å². The van der Waals surface area contributed by atoms with E-state index < -0.39 is 0 Å². The highest BCUT2D eigenvalue weighted by Gasteiger charge is 2.17. The fourth-order valence-corrected chi connectivity index (χ4v) is 3.68. The zero-order valence-electron chi connectivity index (χ0n) is 16.0. The number of aromatic amines is 3. The third kappa shape index (κ3) is 2.58. The van der Waals surface area contributed by atoms with Gasteiger partial charge in [0.25, 0.3) is 0 Å². The van der Waals surface area contributed by atoms with E-state index in [9.17, 15) is 0 Å². The maximum atomic E-state index is 4.87. The van der Waals surface area contributed by atoms with E-state index >= 15 is 0 Å². The predicted molar refractivity (Wildman–Crippen MR) is 115 cm³/mol. The maximum Gasteiger partial charge on any atom is 0.161 e. The molecule has 1 aromatic carbocycles. The fraction of sp³-hybridized carbons (Fsp3) is 0.0455. The molecule has 6 rings (SSSR count). The van der Waals surface area contributed by atoms with E-state index in [0.29, 0.717) is 11.5 Å². The second kappa shape index (κ2) is 6.35. The highest BCUT2D eigenvalue weighted by molar-refractivity contribution is 5.95. The molecule has 0 aliphatic rings. The average Bonchev–Trinajstić information content (AvgIpc) is 3.51. The molecule has 0 spiro atoms. The molecular weight excluding hydrogens is 376 g/mol. The number of pyridine rings is 2. The molecule has 0 saturated heterocycles. The van der Waals surface area contributed by atoms with Crippen molar-refractivity contribution in [3.05, 3.63) is 66.7 Å². The molecule has 6 aromatic rings. The van der Waals surface area contributed by atoms with Crippen LogP contribution >= 0.6 is 0 Å². The van der Waals surface area contributed by atoms with Gasteiger partial charge in [-0.05, 0) is 24.6 Å². The zero-order chi connectivity index (χ0) is 20.1. The number of H-pyrrole nitrogens is 3. The monoisotopic (exact) mass is 392 g/mol. The van der Waals surface area contributed by atoms with Crippen molar-refractivity contribution in [1.29, 1.82) is 0 Å². The maximum absolute atomic E-state index is 4.87. The van der Waals surface area contributed by atoms with E-state index in [-0.39, 0.29) is 0 Å². The molecule has 5 aromatic heterocycles. The molecule has 144 valence electrons. The Morgan fingerprint density at radius 2 is 1.83 bits per heavy atom. The summed E-state index contributed by atoms with van der Waals surface area (Å²) in [5.74, 6) is 0.648. The predicted octanol–water partition coefficient (Wildman–Crippen LogP) is 4.26. The van der Waals surface area contributed by atoms with Crippen molar-refractivity contribution in [2.45, 2.75) is 6.92 Å². The number of nitrogens with one attached hydrogen (secondary N) is 3. The van der Waals surface area contributed by atoms with E-state index in [1.165, 1.54) is 5.56 Å². The van der Waals surface area contributed by atoms with Crippen LogP contribution in [0.1, 0.15) is 5.56 Å². The van der Waals surface area contributed by atoms with Crippen LogP contribution in [0.5, 0.6) is 0 Å². The van der Waals surface area contributed by atoms with Crippen LogP contribution < -0.4 is 0 Å². The molecule has 0 unspecified atom stereocenters. The number of aromatic nitrogens is 8. The Morgan fingerprint density at radius 1 is 0.867 bits per heavy atom. The third-order valence-electron chi connectivity index (χ3n) is 5.15. The minimum absolute atomic E-state index is 0.648. The lowest BCUT2D eigenvalue weighted by atomic mass is 10.0. The van der Waals surface area contributed by atoms with Gasteiger partial charge in [0.2, 0.25) is 0 Å². The lowest BCUT2D eigenvalue weighted by Gasteiger charge is -2.03. The Balaban J connectivity index is 1.53.